The fourth-order valence-electron chi connectivity index (χ4n) is 1.46. The molecule has 0 atom stereocenters. The number of methoxy groups -OCH3 is 2. The van der Waals surface area contributed by atoms with Crippen molar-refractivity contribution in [1.82, 2.24) is 0 Å². The third-order valence-corrected chi connectivity index (χ3v) is 2.43. The Hall–Kier alpha value is -1.70. The number of hydrogen-bond acceptors (Lipinski definition) is 2. The Morgan fingerprint density at radius 2 is 1.40 bits per heavy atom. The van der Waals surface area contributed by atoms with Crippen molar-refractivity contribution in [2.45, 2.75) is 6.92 Å². The summed E-state index contributed by atoms with van der Waals surface area (Å²) in [6, 6.07) is 5.87. The second kappa shape index (κ2) is 4.69. The predicted molar refractivity (Wildman–Crippen MR) is 63.3 cm³/mol. The summed E-state index contributed by atoms with van der Waals surface area (Å²) in [5.74, 6) is 1.30. The van der Waals surface area contributed by atoms with Gasteiger partial charge in [0.25, 0.3) is 0 Å². The molecule has 0 heterocycles. The normalized spacial score (nSPS) is 9.53. The molecule has 0 radical (unpaired) electrons. The lowest BCUT2D eigenvalue weighted by atomic mass is 10.0. The first-order valence-electron chi connectivity index (χ1n) is 4.68. The zero-order valence-electron chi connectivity index (χ0n) is 9.46. The summed E-state index contributed by atoms with van der Waals surface area (Å²) in [6.45, 7) is 9.67. The summed E-state index contributed by atoms with van der Waals surface area (Å²) >= 11 is 0. The smallest absolute Gasteiger partial charge is 0.119 e. The maximum absolute atomic E-state index is 5.12. The summed E-state index contributed by atoms with van der Waals surface area (Å²) in [5, 5.41) is 0. The van der Waals surface area contributed by atoms with Crippen molar-refractivity contribution in [2.75, 3.05) is 14.2 Å². The van der Waals surface area contributed by atoms with Crippen molar-refractivity contribution >= 4 is 11.5 Å². The van der Waals surface area contributed by atoms with Crippen molar-refractivity contribution in [3.8, 4) is 0 Å². The number of rotatable bonds is 4. The molecule has 0 aliphatic heterocycles. The molecule has 0 aromatic heterocycles. The van der Waals surface area contributed by atoms with Crippen LogP contribution in [0.15, 0.2) is 31.4 Å². The lowest BCUT2D eigenvalue weighted by molar-refractivity contribution is 0.368. The van der Waals surface area contributed by atoms with Crippen LogP contribution in [0.3, 0.4) is 0 Å². The highest BCUT2D eigenvalue weighted by atomic mass is 16.5. The molecule has 80 valence electrons. The van der Waals surface area contributed by atoms with Crippen molar-refractivity contribution in [3.05, 3.63) is 48.0 Å². The Bertz CT molecular complexity index is 357. The molecule has 0 saturated carbocycles. The first-order valence-corrected chi connectivity index (χ1v) is 4.68. The Balaban J connectivity index is 3.23. The third-order valence-electron chi connectivity index (χ3n) is 2.43. The molecule has 0 saturated heterocycles. The summed E-state index contributed by atoms with van der Waals surface area (Å²) < 4.78 is 10.2. The predicted octanol–water partition coefficient (Wildman–Crippen LogP) is 3.23. The van der Waals surface area contributed by atoms with Gasteiger partial charge >= 0.3 is 0 Å². The van der Waals surface area contributed by atoms with E-state index < -0.39 is 0 Å². The van der Waals surface area contributed by atoms with Crippen LogP contribution in [0, 0.1) is 6.92 Å². The van der Waals surface area contributed by atoms with Crippen molar-refractivity contribution in [2.24, 2.45) is 0 Å². The fourth-order valence-corrected chi connectivity index (χ4v) is 1.46. The number of hydrogen-bond donors (Lipinski definition) is 0. The van der Waals surface area contributed by atoms with Gasteiger partial charge in [-0.15, -0.1) is 0 Å². The summed E-state index contributed by atoms with van der Waals surface area (Å²) in [7, 11) is 3.22. The minimum atomic E-state index is 0.651. The molecule has 0 aliphatic rings. The molecule has 1 aromatic carbocycles. The molecule has 15 heavy (non-hydrogen) atoms. The van der Waals surface area contributed by atoms with E-state index in [9.17, 15) is 0 Å². The fraction of sp³-hybridized carbons (Fsp3) is 0.231. The monoisotopic (exact) mass is 204 g/mol. The van der Waals surface area contributed by atoms with Gasteiger partial charge in [0.05, 0.1) is 14.2 Å². The van der Waals surface area contributed by atoms with E-state index in [2.05, 4.69) is 13.2 Å². The van der Waals surface area contributed by atoms with Gasteiger partial charge in [0.1, 0.15) is 11.5 Å². The zero-order chi connectivity index (χ0) is 11.4. The molecule has 2 nitrogen and oxygen atoms in total. The molecule has 0 aliphatic carbocycles. The molecular weight excluding hydrogens is 188 g/mol. The molecule has 2 heteroatoms. The molecule has 0 bridgehead atoms. The van der Waals surface area contributed by atoms with E-state index in [1.165, 1.54) is 0 Å². The highest BCUT2D eigenvalue weighted by molar-refractivity contribution is 5.70. The van der Waals surface area contributed by atoms with Gasteiger partial charge in [0, 0.05) is 11.1 Å². The average molecular weight is 204 g/mol. The van der Waals surface area contributed by atoms with Crippen LogP contribution in [-0.4, -0.2) is 14.2 Å². The van der Waals surface area contributed by atoms with Gasteiger partial charge < -0.3 is 9.47 Å². The summed E-state index contributed by atoms with van der Waals surface area (Å²) in [6.07, 6.45) is 0. The van der Waals surface area contributed by atoms with Crippen LogP contribution in [0.4, 0.5) is 0 Å². The lowest BCUT2D eigenvalue weighted by Gasteiger charge is -2.13. The van der Waals surface area contributed by atoms with Gasteiger partial charge in [0.15, 0.2) is 0 Å². The van der Waals surface area contributed by atoms with E-state index in [0.29, 0.717) is 11.5 Å². The first-order chi connectivity index (χ1) is 7.11. The van der Waals surface area contributed by atoms with Crippen LogP contribution in [0.5, 0.6) is 0 Å². The van der Waals surface area contributed by atoms with Crippen molar-refractivity contribution in [1.29, 1.82) is 0 Å². The van der Waals surface area contributed by atoms with E-state index >= 15 is 0 Å². The molecule has 0 unspecified atom stereocenters. The molecule has 1 aromatic rings. The van der Waals surface area contributed by atoms with Crippen LogP contribution in [-0.2, 0) is 9.47 Å². The van der Waals surface area contributed by atoms with Gasteiger partial charge in [0.2, 0.25) is 0 Å². The first kappa shape index (κ1) is 11.4. The number of benzene rings is 1. The van der Waals surface area contributed by atoms with Crippen molar-refractivity contribution < 1.29 is 9.47 Å². The van der Waals surface area contributed by atoms with Crippen LogP contribution >= 0.6 is 0 Å². The van der Waals surface area contributed by atoms with E-state index in [0.717, 1.165) is 16.7 Å². The van der Waals surface area contributed by atoms with Crippen molar-refractivity contribution in [3.63, 3.8) is 0 Å². The second-order valence-corrected chi connectivity index (χ2v) is 3.23. The van der Waals surface area contributed by atoms with Gasteiger partial charge in [-0.25, -0.2) is 0 Å². The van der Waals surface area contributed by atoms with E-state index in [1.807, 2.05) is 25.1 Å². The van der Waals surface area contributed by atoms with Gasteiger partial charge in [-0.05, 0) is 12.5 Å². The molecule has 0 fully saturated rings. The largest absolute Gasteiger partial charge is 0.497 e. The molecular formula is C13H16O2. The van der Waals surface area contributed by atoms with Gasteiger partial charge in [-0.1, -0.05) is 31.4 Å². The lowest BCUT2D eigenvalue weighted by Crippen LogP contribution is -1.96. The SMILES string of the molecule is C=C(OC)c1cccc(C(=C)OC)c1C. The average Bonchev–Trinajstić information content (AvgIpc) is 2.27. The molecule has 0 amide bonds. The molecule has 1 rings (SSSR count). The van der Waals surface area contributed by atoms with E-state index in [4.69, 9.17) is 9.47 Å². The third kappa shape index (κ3) is 2.21. The quantitative estimate of drug-likeness (QED) is 0.701. The Labute approximate surface area is 90.8 Å². The minimum absolute atomic E-state index is 0.651. The summed E-state index contributed by atoms with van der Waals surface area (Å²) in [4.78, 5) is 0. The van der Waals surface area contributed by atoms with Crippen LogP contribution in [0.25, 0.3) is 11.5 Å². The van der Waals surface area contributed by atoms with E-state index in [1.54, 1.807) is 14.2 Å². The number of ether oxygens (including phenoxy) is 2. The molecule has 0 spiro atoms. The maximum atomic E-state index is 5.12. The van der Waals surface area contributed by atoms with Crippen LogP contribution in [0.2, 0.25) is 0 Å². The van der Waals surface area contributed by atoms with Gasteiger partial charge in [-0.2, -0.15) is 0 Å². The minimum Gasteiger partial charge on any atom is -0.497 e. The highest BCUT2D eigenvalue weighted by Gasteiger charge is 2.09. The molecule has 0 N–H and O–H groups in total. The highest BCUT2D eigenvalue weighted by Crippen LogP contribution is 2.25. The standard InChI is InChI=1S/C13H16O2/c1-9-12(10(2)14-4)7-6-8-13(9)11(3)15-5/h6-8H,2-3H2,1,4-5H3. The Kier molecular flexibility index (Phi) is 3.56. The topological polar surface area (TPSA) is 18.5 Å². The second-order valence-electron chi connectivity index (χ2n) is 3.23. The van der Waals surface area contributed by atoms with Gasteiger partial charge in [-0.3, -0.25) is 0 Å². The maximum Gasteiger partial charge on any atom is 0.119 e. The van der Waals surface area contributed by atoms with Crippen LogP contribution in [0.1, 0.15) is 16.7 Å². The Morgan fingerprint density at radius 1 is 1.00 bits per heavy atom. The Morgan fingerprint density at radius 3 is 1.73 bits per heavy atom. The van der Waals surface area contributed by atoms with E-state index in [-0.39, 0.29) is 0 Å². The van der Waals surface area contributed by atoms with Crippen LogP contribution < -0.4 is 0 Å². The summed E-state index contributed by atoms with van der Waals surface area (Å²) in [5.41, 5.74) is 3.03. The zero-order valence-corrected chi connectivity index (χ0v) is 9.46.